The van der Waals surface area contributed by atoms with Crippen LogP contribution in [0, 0.1) is 6.92 Å². The summed E-state index contributed by atoms with van der Waals surface area (Å²) in [5, 5.41) is 0. The van der Waals surface area contributed by atoms with Crippen LogP contribution in [-0.2, 0) is 11.2 Å². The molecule has 2 aromatic rings. The van der Waals surface area contributed by atoms with E-state index in [9.17, 15) is 0 Å². The van der Waals surface area contributed by atoms with E-state index in [0.29, 0.717) is 5.92 Å². The normalized spacial score (nSPS) is 20.8. The Bertz CT molecular complexity index is 856. The lowest BCUT2D eigenvalue weighted by Crippen LogP contribution is -3.00. The first-order valence-electron chi connectivity index (χ1n) is 8.64. The highest BCUT2D eigenvalue weighted by molar-refractivity contribution is 6.05. The van der Waals surface area contributed by atoms with Crippen molar-refractivity contribution >= 4 is 11.8 Å². The summed E-state index contributed by atoms with van der Waals surface area (Å²) in [7, 11) is 1.72. The van der Waals surface area contributed by atoms with Gasteiger partial charge in [0.05, 0.1) is 13.2 Å². The van der Waals surface area contributed by atoms with Crippen molar-refractivity contribution in [3.63, 3.8) is 0 Å². The number of nitrogens with one attached hydrogen (secondary N) is 3. The van der Waals surface area contributed by atoms with Gasteiger partial charge in [0.2, 0.25) is 11.4 Å². The molecule has 0 saturated heterocycles. The molecule has 0 aromatic carbocycles. The lowest BCUT2D eigenvalue weighted by molar-refractivity contribution is -0.388. The van der Waals surface area contributed by atoms with Gasteiger partial charge in [0, 0.05) is 23.7 Å². The van der Waals surface area contributed by atoms with Gasteiger partial charge in [-0.1, -0.05) is 6.92 Å². The Balaban J connectivity index is 0.00000182. The minimum absolute atomic E-state index is 0. The molecule has 1 aliphatic carbocycles. The van der Waals surface area contributed by atoms with Crippen molar-refractivity contribution in [1.29, 1.82) is 0 Å². The van der Waals surface area contributed by atoms with Gasteiger partial charge >= 0.3 is 0 Å². The van der Waals surface area contributed by atoms with Crippen LogP contribution in [0.25, 0.3) is 6.08 Å². The highest BCUT2D eigenvalue weighted by atomic mass is 35.5. The van der Waals surface area contributed by atoms with Gasteiger partial charge in [-0.05, 0) is 55.4 Å². The maximum atomic E-state index is 5.58. The molecule has 0 bridgehead atoms. The Morgan fingerprint density at radius 2 is 2.20 bits per heavy atom. The fraction of sp³-hybridized carbons (Fsp3) is 0.350. The van der Waals surface area contributed by atoms with Gasteiger partial charge in [0.1, 0.15) is 5.69 Å². The molecule has 5 heteroatoms. The summed E-state index contributed by atoms with van der Waals surface area (Å²) >= 11 is 0. The maximum absolute atomic E-state index is 5.58. The summed E-state index contributed by atoms with van der Waals surface area (Å²) < 4.78 is 5.58. The Kier molecular flexibility index (Phi) is 4.91. The third-order valence-corrected chi connectivity index (χ3v) is 5.15. The Hall–Kier alpha value is -2.20. The predicted molar refractivity (Wildman–Crippen MR) is 95.8 cm³/mol. The van der Waals surface area contributed by atoms with Crippen LogP contribution in [0.5, 0.6) is 0 Å². The lowest BCUT2D eigenvalue weighted by Gasteiger charge is -2.20. The molecule has 1 unspecified atom stereocenters. The molecule has 4 rings (SSSR count). The van der Waals surface area contributed by atoms with Gasteiger partial charge in [-0.3, -0.25) is 0 Å². The zero-order valence-corrected chi connectivity index (χ0v) is 15.6. The fourth-order valence-electron chi connectivity index (χ4n) is 3.95. The second-order valence-electron chi connectivity index (χ2n) is 6.74. The van der Waals surface area contributed by atoms with E-state index in [2.05, 4.69) is 41.0 Å². The number of methoxy groups -OCH3 is 1. The monoisotopic (exact) mass is 357 g/mol. The highest BCUT2D eigenvalue weighted by Crippen LogP contribution is 2.36. The first-order valence-corrected chi connectivity index (χ1v) is 8.64. The van der Waals surface area contributed by atoms with E-state index < -0.39 is 0 Å². The van der Waals surface area contributed by atoms with Crippen molar-refractivity contribution < 1.29 is 22.1 Å². The second kappa shape index (κ2) is 6.96. The molecule has 4 nitrogen and oxygen atoms in total. The number of aryl methyl sites for hydroxylation is 1. The number of fused-ring (bicyclic) bond motifs is 1. The van der Waals surface area contributed by atoms with E-state index in [-0.39, 0.29) is 12.4 Å². The van der Waals surface area contributed by atoms with E-state index in [1.165, 1.54) is 41.8 Å². The van der Waals surface area contributed by atoms with Crippen molar-refractivity contribution in [2.45, 2.75) is 39.0 Å². The number of hydrogen-bond acceptors (Lipinski definition) is 1. The van der Waals surface area contributed by atoms with Crippen LogP contribution in [0.4, 0.5) is 0 Å². The van der Waals surface area contributed by atoms with Gasteiger partial charge in [-0.2, -0.15) is 0 Å². The first kappa shape index (κ1) is 17.6. The molecule has 2 aromatic heterocycles. The molecule has 132 valence electrons. The molecular weight excluding hydrogens is 334 g/mol. The molecule has 1 atom stereocenters. The average Bonchev–Trinajstić information content (AvgIpc) is 3.28. The van der Waals surface area contributed by atoms with E-state index in [0.717, 1.165) is 22.9 Å². The highest BCUT2D eigenvalue weighted by Gasteiger charge is 2.28. The van der Waals surface area contributed by atoms with Crippen molar-refractivity contribution in [3.05, 3.63) is 64.1 Å². The molecule has 3 N–H and O–H groups in total. The second-order valence-corrected chi connectivity index (χ2v) is 6.74. The summed E-state index contributed by atoms with van der Waals surface area (Å²) in [6, 6.07) is 4.05. The van der Waals surface area contributed by atoms with Crippen LogP contribution in [0.1, 0.15) is 53.9 Å². The quantitative estimate of drug-likeness (QED) is 0.685. The third kappa shape index (κ3) is 3.07. The molecule has 0 spiro atoms. The molecule has 0 fully saturated rings. The standard InChI is InChI=1S/C20H23N3O.ClH/c1-12-6-4-7-14-13(2)22-18(20(12)14)10-17-19(24-3)11-16(23-17)15-8-5-9-21-15;/h5,8-12,21-22H,4,6-7H2,1-3H3;1H. The number of rotatable bonds is 3. The molecule has 3 heterocycles. The molecule has 0 amide bonds. The topological polar surface area (TPSA) is 54.8 Å². The summed E-state index contributed by atoms with van der Waals surface area (Å²) in [6.45, 7) is 4.52. The summed E-state index contributed by atoms with van der Waals surface area (Å²) in [5.41, 5.74) is 8.61. The van der Waals surface area contributed by atoms with Crippen molar-refractivity contribution in [1.82, 2.24) is 9.97 Å². The summed E-state index contributed by atoms with van der Waals surface area (Å²) in [5.74, 6) is 1.47. The summed E-state index contributed by atoms with van der Waals surface area (Å²) in [4.78, 5) is 10.3. The van der Waals surface area contributed by atoms with Gasteiger partial charge in [0.25, 0.3) is 0 Å². The zero-order valence-electron chi connectivity index (χ0n) is 14.9. The van der Waals surface area contributed by atoms with E-state index in [4.69, 9.17) is 4.74 Å². The summed E-state index contributed by atoms with van der Waals surface area (Å²) in [6.07, 6.45) is 9.90. The van der Waals surface area contributed by atoms with Gasteiger partial charge < -0.3 is 27.1 Å². The smallest absolute Gasteiger partial charge is 0.248 e. The number of aromatic amines is 2. The SMILES string of the molecule is COC1=CC(c2ccc[nH]2)=[NH+]C1=Cc1[nH]c(C)c2c1C(C)CCC2.[Cl-]. The van der Waals surface area contributed by atoms with Crippen molar-refractivity contribution in [2.24, 2.45) is 0 Å². The third-order valence-electron chi connectivity index (χ3n) is 5.15. The van der Waals surface area contributed by atoms with Crippen LogP contribution >= 0.6 is 0 Å². The number of hydrogen-bond donors (Lipinski definition) is 3. The van der Waals surface area contributed by atoms with Crippen LogP contribution in [0.2, 0.25) is 0 Å². The Morgan fingerprint density at radius 3 is 2.92 bits per heavy atom. The van der Waals surface area contributed by atoms with Crippen molar-refractivity contribution in [3.8, 4) is 0 Å². The van der Waals surface area contributed by atoms with Crippen LogP contribution in [0.3, 0.4) is 0 Å². The molecule has 2 aliphatic rings. The molecule has 0 radical (unpaired) electrons. The van der Waals surface area contributed by atoms with Crippen LogP contribution in [-0.4, -0.2) is 22.8 Å². The zero-order chi connectivity index (χ0) is 16.7. The minimum Gasteiger partial charge on any atom is -1.00 e. The lowest BCUT2D eigenvalue weighted by atomic mass is 9.84. The van der Waals surface area contributed by atoms with Gasteiger partial charge in [-0.25, -0.2) is 4.99 Å². The number of H-pyrrole nitrogens is 2. The van der Waals surface area contributed by atoms with Crippen LogP contribution in [0.15, 0.2) is 35.9 Å². The maximum Gasteiger partial charge on any atom is 0.248 e. The predicted octanol–water partition coefficient (Wildman–Crippen LogP) is -0.450. The number of ether oxygens (including phenoxy) is 1. The van der Waals surface area contributed by atoms with Gasteiger partial charge in [-0.15, -0.1) is 0 Å². The largest absolute Gasteiger partial charge is 1.00 e. The fourth-order valence-corrected chi connectivity index (χ4v) is 3.95. The number of allylic oxidation sites excluding steroid dienone is 1. The van der Waals surface area contributed by atoms with Gasteiger partial charge in [0.15, 0.2) is 5.76 Å². The first-order chi connectivity index (χ1) is 11.7. The average molecular weight is 358 g/mol. The van der Waals surface area contributed by atoms with E-state index in [1.54, 1.807) is 7.11 Å². The Morgan fingerprint density at radius 1 is 1.36 bits per heavy atom. The number of aromatic nitrogens is 2. The van der Waals surface area contributed by atoms with Crippen molar-refractivity contribution in [2.75, 3.05) is 7.11 Å². The molecule has 25 heavy (non-hydrogen) atoms. The number of halogens is 1. The molecule has 1 aliphatic heterocycles. The van der Waals surface area contributed by atoms with E-state index >= 15 is 0 Å². The minimum atomic E-state index is 0. The molecular formula is C20H24ClN3O. The van der Waals surface area contributed by atoms with Crippen LogP contribution < -0.4 is 17.4 Å². The van der Waals surface area contributed by atoms with E-state index in [1.807, 2.05) is 18.3 Å². The molecule has 0 saturated carbocycles. The Labute approximate surface area is 154 Å².